The highest BCUT2D eigenvalue weighted by Crippen LogP contribution is 2.31. The van der Waals surface area contributed by atoms with Gasteiger partial charge in [-0.15, -0.1) is 0 Å². The average Bonchev–Trinajstić information content (AvgIpc) is 3.41. The zero-order chi connectivity index (χ0) is 23.7. The SMILES string of the molecule is COc1ccccc1-c1nc2ccc(-c3ccsc3)cc2c(=O)n1CC1CCCN(C(C)C)C1. The molecule has 2 aromatic carbocycles. The summed E-state index contributed by atoms with van der Waals surface area (Å²) in [5, 5.41) is 4.84. The summed E-state index contributed by atoms with van der Waals surface area (Å²) in [6, 6.07) is 16.4. The maximum Gasteiger partial charge on any atom is 0.261 e. The Labute approximate surface area is 204 Å². The van der Waals surface area contributed by atoms with Crippen LogP contribution in [0.1, 0.15) is 26.7 Å². The fraction of sp³-hybridized carbons (Fsp3) is 0.357. The van der Waals surface area contributed by atoms with Gasteiger partial charge in [-0.3, -0.25) is 9.36 Å². The Kier molecular flexibility index (Phi) is 6.53. The first-order chi connectivity index (χ1) is 16.5. The van der Waals surface area contributed by atoms with Gasteiger partial charge < -0.3 is 9.64 Å². The highest BCUT2D eigenvalue weighted by molar-refractivity contribution is 7.08. The first-order valence-electron chi connectivity index (χ1n) is 12.0. The second-order valence-corrected chi connectivity index (χ2v) is 10.2. The molecule has 3 heterocycles. The van der Waals surface area contributed by atoms with E-state index >= 15 is 0 Å². The topological polar surface area (TPSA) is 47.4 Å². The monoisotopic (exact) mass is 473 g/mol. The Morgan fingerprint density at radius 2 is 2.00 bits per heavy atom. The first-order valence-corrected chi connectivity index (χ1v) is 12.9. The summed E-state index contributed by atoms with van der Waals surface area (Å²) in [4.78, 5) is 21.6. The van der Waals surface area contributed by atoms with Crippen LogP contribution in [-0.2, 0) is 6.54 Å². The van der Waals surface area contributed by atoms with Crippen LogP contribution in [0.4, 0.5) is 0 Å². The van der Waals surface area contributed by atoms with Crippen LogP contribution in [0.5, 0.6) is 5.75 Å². The van der Waals surface area contributed by atoms with Crippen molar-refractivity contribution in [1.29, 1.82) is 0 Å². The van der Waals surface area contributed by atoms with Gasteiger partial charge in [0.05, 0.1) is 23.6 Å². The van der Waals surface area contributed by atoms with Gasteiger partial charge in [-0.2, -0.15) is 11.3 Å². The van der Waals surface area contributed by atoms with Gasteiger partial charge in [0.25, 0.3) is 5.56 Å². The molecule has 0 saturated carbocycles. The lowest BCUT2D eigenvalue weighted by molar-refractivity contribution is 0.130. The lowest BCUT2D eigenvalue weighted by Crippen LogP contribution is -2.42. The van der Waals surface area contributed by atoms with Crippen molar-refractivity contribution >= 4 is 22.2 Å². The smallest absolute Gasteiger partial charge is 0.261 e. The third-order valence-electron chi connectivity index (χ3n) is 6.88. The van der Waals surface area contributed by atoms with Crippen LogP contribution in [0.25, 0.3) is 33.4 Å². The van der Waals surface area contributed by atoms with Gasteiger partial charge in [-0.1, -0.05) is 18.2 Å². The Balaban J connectivity index is 1.66. The first kappa shape index (κ1) is 22.8. The molecular weight excluding hydrogens is 442 g/mol. The molecule has 5 rings (SSSR count). The molecule has 5 nitrogen and oxygen atoms in total. The summed E-state index contributed by atoms with van der Waals surface area (Å²) in [6.07, 6.45) is 2.28. The van der Waals surface area contributed by atoms with E-state index in [1.54, 1.807) is 18.4 Å². The fourth-order valence-corrected chi connectivity index (χ4v) is 5.67. The molecule has 2 aromatic heterocycles. The molecule has 1 fully saturated rings. The number of thiophene rings is 1. The molecule has 0 amide bonds. The fourth-order valence-electron chi connectivity index (χ4n) is 5.01. The number of ether oxygens (including phenoxy) is 1. The number of nitrogens with zero attached hydrogens (tertiary/aromatic N) is 3. The number of likely N-dealkylation sites (tertiary alicyclic amines) is 1. The molecule has 0 bridgehead atoms. The summed E-state index contributed by atoms with van der Waals surface area (Å²) in [5.41, 5.74) is 3.76. The minimum absolute atomic E-state index is 0.0182. The van der Waals surface area contributed by atoms with E-state index in [2.05, 4.69) is 41.6 Å². The second kappa shape index (κ2) is 9.72. The summed E-state index contributed by atoms with van der Waals surface area (Å²) in [7, 11) is 1.66. The van der Waals surface area contributed by atoms with Crippen molar-refractivity contribution in [2.75, 3.05) is 20.2 Å². The molecule has 1 saturated heterocycles. The van der Waals surface area contributed by atoms with E-state index in [1.807, 2.05) is 41.0 Å². The van der Waals surface area contributed by atoms with Gasteiger partial charge in [0.15, 0.2) is 0 Å². The molecule has 1 aliphatic rings. The quantitative estimate of drug-likeness (QED) is 0.349. The lowest BCUT2D eigenvalue weighted by atomic mass is 9.96. The van der Waals surface area contributed by atoms with Crippen LogP contribution >= 0.6 is 11.3 Å². The van der Waals surface area contributed by atoms with E-state index in [4.69, 9.17) is 9.72 Å². The highest BCUT2D eigenvalue weighted by Gasteiger charge is 2.25. The van der Waals surface area contributed by atoms with Crippen LogP contribution < -0.4 is 10.3 Å². The van der Waals surface area contributed by atoms with Gasteiger partial charge in [0, 0.05) is 19.1 Å². The number of para-hydroxylation sites is 1. The zero-order valence-electron chi connectivity index (χ0n) is 20.0. The van der Waals surface area contributed by atoms with Crippen LogP contribution in [0, 0.1) is 5.92 Å². The van der Waals surface area contributed by atoms with Crippen molar-refractivity contribution in [3.63, 3.8) is 0 Å². The minimum Gasteiger partial charge on any atom is -0.496 e. The third-order valence-corrected chi connectivity index (χ3v) is 7.56. The van der Waals surface area contributed by atoms with Crippen LogP contribution in [-0.4, -0.2) is 40.7 Å². The van der Waals surface area contributed by atoms with E-state index in [9.17, 15) is 4.79 Å². The van der Waals surface area contributed by atoms with E-state index in [0.29, 0.717) is 35.2 Å². The summed E-state index contributed by atoms with van der Waals surface area (Å²) >= 11 is 1.66. The Bertz CT molecular complexity index is 1340. The highest BCUT2D eigenvalue weighted by atomic mass is 32.1. The minimum atomic E-state index is 0.0182. The second-order valence-electron chi connectivity index (χ2n) is 9.39. The van der Waals surface area contributed by atoms with Crippen molar-refractivity contribution in [2.24, 2.45) is 5.92 Å². The normalized spacial score (nSPS) is 16.9. The van der Waals surface area contributed by atoms with Crippen molar-refractivity contribution in [2.45, 2.75) is 39.3 Å². The van der Waals surface area contributed by atoms with Crippen molar-refractivity contribution in [3.8, 4) is 28.3 Å². The third kappa shape index (κ3) is 4.40. The Hall–Kier alpha value is -2.96. The molecule has 1 unspecified atom stereocenters. The molecule has 0 radical (unpaired) electrons. The molecule has 0 spiro atoms. The number of rotatable bonds is 6. The largest absolute Gasteiger partial charge is 0.496 e. The predicted octanol–water partition coefficient (Wildman–Crippen LogP) is 5.92. The molecule has 176 valence electrons. The van der Waals surface area contributed by atoms with E-state index in [-0.39, 0.29) is 5.56 Å². The van der Waals surface area contributed by atoms with E-state index < -0.39 is 0 Å². The number of fused-ring (bicyclic) bond motifs is 1. The molecule has 0 N–H and O–H groups in total. The summed E-state index contributed by atoms with van der Waals surface area (Å²) in [6.45, 7) is 7.28. The number of hydrogen-bond donors (Lipinski definition) is 0. The van der Waals surface area contributed by atoms with E-state index in [1.165, 1.54) is 0 Å². The number of benzene rings is 2. The summed E-state index contributed by atoms with van der Waals surface area (Å²) < 4.78 is 7.55. The number of aromatic nitrogens is 2. The molecule has 0 aliphatic carbocycles. The van der Waals surface area contributed by atoms with Crippen LogP contribution in [0.3, 0.4) is 0 Å². The number of hydrogen-bond acceptors (Lipinski definition) is 5. The summed E-state index contributed by atoms with van der Waals surface area (Å²) in [5.74, 6) is 1.81. The van der Waals surface area contributed by atoms with Crippen LogP contribution in [0.15, 0.2) is 64.1 Å². The maximum absolute atomic E-state index is 14.0. The van der Waals surface area contributed by atoms with Crippen molar-refractivity contribution in [1.82, 2.24) is 14.5 Å². The van der Waals surface area contributed by atoms with Gasteiger partial charge in [-0.05, 0) is 91.4 Å². The maximum atomic E-state index is 14.0. The number of methoxy groups -OCH3 is 1. The van der Waals surface area contributed by atoms with Gasteiger partial charge in [-0.25, -0.2) is 4.98 Å². The molecule has 1 aliphatic heterocycles. The van der Waals surface area contributed by atoms with Gasteiger partial charge in [0.2, 0.25) is 0 Å². The van der Waals surface area contributed by atoms with Crippen molar-refractivity contribution < 1.29 is 4.74 Å². The lowest BCUT2D eigenvalue weighted by Gasteiger charge is -2.36. The molecule has 34 heavy (non-hydrogen) atoms. The molecule has 6 heteroatoms. The average molecular weight is 474 g/mol. The molecule has 4 aromatic rings. The predicted molar refractivity (Wildman–Crippen MR) is 141 cm³/mol. The van der Waals surface area contributed by atoms with Crippen molar-refractivity contribution in [3.05, 3.63) is 69.6 Å². The number of piperidine rings is 1. The molecular formula is C28H31N3O2S. The molecule has 1 atom stereocenters. The Morgan fingerprint density at radius 1 is 1.15 bits per heavy atom. The van der Waals surface area contributed by atoms with Gasteiger partial charge in [0.1, 0.15) is 11.6 Å². The van der Waals surface area contributed by atoms with Crippen LogP contribution in [0.2, 0.25) is 0 Å². The van der Waals surface area contributed by atoms with Gasteiger partial charge >= 0.3 is 0 Å². The Morgan fingerprint density at radius 3 is 2.76 bits per heavy atom. The standard InChI is InChI=1S/C28H31N3O2S/c1-19(2)30-13-6-7-20(16-30)17-31-27(23-8-4-5-9-26(23)33-3)29-25-11-10-21(15-24(25)28(31)32)22-12-14-34-18-22/h4-5,8-12,14-15,18-20H,6-7,13,16-17H2,1-3H3. The zero-order valence-corrected chi connectivity index (χ0v) is 20.8. The van der Waals surface area contributed by atoms with E-state index in [0.717, 1.165) is 48.4 Å².